The van der Waals surface area contributed by atoms with Crippen LogP contribution in [0.25, 0.3) is 0 Å². The predicted molar refractivity (Wildman–Crippen MR) is 67.1 cm³/mol. The van der Waals surface area contributed by atoms with E-state index in [2.05, 4.69) is 47.1 Å². The van der Waals surface area contributed by atoms with E-state index in [1.165, 1.54) is 6.20 Å². The highest BCUT2D eigenvalue weighted by Crippen LogP contribution is 2.19. The van der Waals surface area contributed by atoms with E-state index in [0.717, 1.165) is 0 Å². The molecule has 0 aromatic carbocycles. The first-order valence-electron chi connectivity index (χ1n) is 4.58. The Kier molecular flexibility index (Phi) is 5.30. The average Bonchev–Trinajstić information content (AvgIpc) is 2.19. The lowest BCUT2D eigenvalue weighted by molar-refractivity contribution is -0.121. The summed E-state index contributed by atoms with van der Waals surface area (Å²) in [5, 5.41) is 2.59. The molecular formula is C9H11Br2N3O2. The summed E-state index contributed by atoms with van der Waals surface area (Å²) < 4.78 is 6.22. The van der Waals surface area contributed by atoms with Gasteiger partial charge in [-0.1, -0.05) is 0 Å². The number of ether oxygens (including phenoxy) is 1. The van der Waals surface area contributed by atoms with E-state index in [9.17, 15) is 4.79 Å². The minimum absolute atomic E-state index is 0.00184. The minimum atomic E-state index is -0.258. The van der Waals surface area contributed by atoms with Crippen molar-refractivity contribution in [3.05, 3.63) is 15.4 Å². The number of hydrogen-bond donors (Lipinski definition) is 1. The summed E-state index contributed by atoms with van der Waals surface area (Å²) in [7, 11) is 0. The number of rotatable bonds is 4. The molecule has 5 nitrogen and oxygen atoms in total. The maximum atomic E-state index is 11.4. The van der Waals surface area contributed by atoms with E-state index >= 15 is 0 Å². The van der Waals surface area contributed by atoms with Gasteiger partial charge in [0.05, 0.1) is 12.3 Å². The maximum Gasteiger partial charge on any atom is 0.251 e. The summed E-state index contributed by atoms with van der Waals surface area (Å²) in [5.74, 6) is 0.117. The van der Waals surface area contributed by atoms with Crippen LogP contribution < -0.4 is 5.32 Å². The SMILES string of the molecule is CC(C)OCC(=O)Nc1ncc(Br)nc1Br. The van der Waals surface area contributed by atoms with Gasteiger partial charge >= 0.3 is 0 Å². The van der Waals surface area contributed by atoms with Crippen molar-refractivity contribution < 1.29 is 9.53 Å². The molecule has 88 valence electrons. The lowest BCUT2D eigenvalue weighted by Crippen LogP contribution is -2.21. The predicted octanol–water partition coefficient (Wildman–Crippen LogP) is 2.37. The Hall–Kier alpha value is -0.530. The number of nitrogens with one attached hydrogen (secondary N) is 1. The Morgan fingerprint density at radius 1 is 1.56 bits per heavy atom. The number of aromatic nitrogens is 2. The Labute approximate surface area is 110 Å². The largest absolute Gasteiger partial charge is 0.369 e. The van der Waals surface area contributed by atoms with Gasteiger partial charge in [-0.05, 0) is 45.7 Å². The van der Waals surface area contributed by atoms with Crippen LogP contribution in [-0.2, 0) is 9.53 Å². The monoisotopic (exact) mass is 351 g/mol. The topological polar surface area (TPSA) is 64.1 Å². The van der Waals surface area contributed by atoms with E-state index in [4.69, 9.17) is 4.74 Å². The molecule has 1 rings (SSSR count). The smallest absolute Gasteiger partial charge is 0.251 e. The van der Waals surface area contributed by atoms with Crippen LogP contribution >= 0.6 is 31.9 Å². The average molecular weight is 353 g/mol. The van der Waals surface area contributed by atoms with Gasteiger partial charge in [-0.15, -0.1) is 0 Å². The number of nitrogens with zero attached hydrogens (tertiary/aromatic N) is 2. The van der Waals surface area contributed by atoms with E-state index in [1.54, 1.807) is 0 Å². The first-order valence-corrected chi connectivity index (χ1v) is 6.17. The number of anilines is 1. The molecule has 7 heteroatoms. The molecule has 0 aliphatic carbocycles. The van der Waals surface area contributed by atoms with Gasteiger partial charge in [-0.3, -0.25) is 4.79 Å². The van der Waals surface area contributed by atoms with Crippen molar-refractivity contribution in [3.8, 4) is 0 Å². The molecule has 0 spiro atoms. The maximum absolute atomic E-state index is 11.4. The van der Waals surface area contributed by atoms with Crippen molar-refractivity contribution in [2.75, 3.05) is 11.9 Å². The molecule has 0 aliphatic heterocycles. The Balaban J connectivity index is 2.56. The summed E-state index contributed by atoms with van der Waals surface area (Å²) in [4.78, 5) is 19.5. The normalized spacial score (nSPS) is 10.6. The highest BCUT2D eigenvalue weighted by molar-refractivity contribution is 9.11. The molecule has 0 saturated carbocycles. The molecule has 1 aromatic heterocycles. The number of halogens is 2. The van der Waals surface area contributed by atoms with Gasteiger partial charge in [0.2, 0.25) is 0 Å². The lowest BCUT2D eigenvalue weighted by atomic mass is 10.5. The van der Waals surface area contributed by atoms with E-state index < -0.39 is 0 Å². The van der Waals surface area contributed by atoms with Crippen LogP contribution in [-0.4, -0.2) is 28.6 Å². The highest BCUT2D eigenvalue weighted by atomic mass is 79.9. The number of amides is 1. The Morgan fingerprint density at radius 3 is 2.81 bits per heavy atom. The van der Waals surface area contributed by atoms with Crippen LogP contribution in [0.15, 0.2) is 15.4 Å². The first-order chi connectivity index (χ1) is 7.49. The molecule has 1 aromatic rings. The van der Waals surface area contributed by atoms with Gasteiger partial charge < -0.3 is 10.1 Å². The first kappa shape index (κ1) is 13.5. The number of hydrogen-bond acceptors (Lipinski definition) is 4. The third-order valence-electron chi connectivity index (χ3n) is 1.51. The molecular weight excluding hydrogens is 342 g/mol. The zero-order chi connectivity index (χ0) is 12.1. The fourth-order valence-electron chi connectivity index (χ4n) is 0.841. The third-order valence-corrected chi connectivity index (χ3v) is 2.44. The molecule has 0 saturated heterocycles. The van der Waals surface area contributed by atoms with Crippen LogP contribution in [0.1, 0.15) is 13.8 Å². The van der Waals surface area contributed by atoms with Crippen molar-refractivity contribution in [2.45, 2.75) is 20.0 Å². The van der Waals surface area contributed by atoms with Gasteiger partial charge in [0, 0.05) is 0 Å². The summed E-state index contributed by atoms with van der Waals surface area (Å²) in [6.07, 6.45) is 1.52. The fraction of sp³-hybridized carbons (Fsp3) is 0.444. The molecule has 0 unspecified atom stereocenters. The lowest BCUT2D eigenvalue weighted by Gasteiger charge is -2.08. The summed E-state index contributed by atoms with van der Waals surface area (Å²) in [6.45, 7) is 3.73. The van der Waals surface area contributed by atoms with Gasteiger partial charge in [0.25, 0.3) is 5.91 Å². The number of carbonyl (C=O) groups excluding carboxylic acids is 1. The van der Waals surface area contributed by atoms with Gasteiger partial charge in [0.15, 0.2) is 5.82 Å². The molecule has 16 heavy (non-hydrogen) atoms. The standard InChI is InChI=1S/C9H11Br2N3O2/c1-5(2)16-4-7(15)14-9-8(11)13-6(10)3-12-9/h3,5H,4H2,1-2H3,(H,12,14,15). The van der Waals surface area contributed by atoms with Gasteiger partial charge in [0.1, 0.15) is 15.8 Å². The Morgan fingerprint density at radius 2 is 2.25 bits per heavy atom. The highest BCUT2D eigenvalue weighted by Gasteiger charge is 2.09. The van der Waals surface area contributed by atoms with Crippen LogP contribution in [0.5, 0.6) is 0 Å². The summed E-state index contributed by atoms with van der Waals surface area (Å²) in [5.41, 5.74) is 0. The van der Waals surface area contributed by atoms with Crippen molar-refractivity contribution >= 4 is 43.6 Å². The van der Waals surface area contributed by atoms with Gasteiger partial charge in [-0.25, -0.2) is 9.97 Å². The molecule has 0 aliphatic rings. The minimum Gasteiger partial charge on any atom is -0.369 e. The second-order valence-corrected chi connectivity index (χ2v) is 4.80. The molecule has 1 amide bonds. The van der Waals surface area contributed by atoms with Crippen molar-refractivity contribution in [1.29, 1.82) is 0 Å². The van der Waals surface area contributed by atoms with Crippen LogP contribution in [0.4, 0.5) is 5.82 Å². The summed E-state index contributed by atoms with van der Waals surface area (Å²) in [6, 6.07) is 0. The third kappa shape index (κ3) is 4.54. The van der Waals surface area contributed by atoms with Crippen molar-refractivity contribution in [1.82, 2.24) is 9.97 Å². The Bertz CT molecular complexity index is 385. The second-order valence-electron chi connectivity index (χ2n) is 3.24. The van der Waals surface area contributed by atoms with E-state index in [0.29, 0.717) is 15.0 Å². The molecule has 0 radical (unpaired) electrons. The summed E-state index contributed by atoms with van der Waals surface area (Å²) >= 11 is 6.37. The second kappa shape index (κ2) is 6.27. The fourth-order valence-corrected chi connectivity index (χ4v) is 1.75. The molecule has 0 atom stereocenters. The van der Waals surface area contributed by atoms with Crippen molar-refractivity contribution in [2.24, 2.45) is 0 Å². The quantitative estimate of drug-likeness (QED) is 0.903. The van der Waals surface area contributed by atoms with E-state index in [-0.39, 0.29) is 18.6 Å². The zero-order valence-corrected chi connectivity index (χ0v) is 12.0. The molecule has 1 N–H and O–H groups in total. The number of carbonyl (C=O) groups is 1. The van der Waals surface area contributed by atoms with Crippen LogP contribution in [0.3, 0.4) is 0 Å². The van der Waals surface area contributed by atoms with E-state index in [1.807, 2.05) is 13.8 Å². The molecule has 0 bridgehead atoms. The van der Waals surface area contributed by atoms with Crippen LogP contribution in [0.2, 0.25) is 0 Å². The van der Waals surface area contributed by atoms with Crippen molar-refractivity contribution in [3.63, 3.8) is 0 Å². The molecule has 0 fully saturated rings. The molecule has 1 heterocycles. The zero-order valence-electron chi connectivity index (χ0n) is 8.83. The van der Waals surface area contributed by atoms with Crippen LogP contribution in [0, 0.1) is 0 Å². The van der Waals surface area contributed by atoms with Gasteiger partial charge in [-0.2, -0.15) is 0 Å².